The van der Waals surface area contributed by atoms with Gasteiger partial charge >= 0.3 is 0 Å². The largest absolute Gasteiger partial charge is 0.358 e. The molecule has 9 heteroatoms. The quantitative estimate of drug-likeness (QED) is 0.704. The minimum atomic E-state index is -2.84. The van der Waals surface area contributed by atoms with E-state index in [0.29, 0.717) is 18.7 Å². The molecular weight excluding hydrogens is 409 g/mol. The van der Waals surface area contributed by atoms with E-state index in [1.165, 1.54) is 18.3 Å². The van der Waals surface area contributed by atoms with Crippen molar-refractivity contribution in [2.24, 2.45) is 0 Å². The second-order valence-electron chi connectivity index (χ2n) is 7.73. The van der Waals surface area contributed by atoms with Gasteiger partial charge in [-0.05, 0) is 42.7 Å². The van der Waals surface area contributed by atoms with Gasteiger partial charge < -0.3 is 14.5 Å². The number of carbonyl (C=O) groups excluding carboxylic acids is 1. The number of hydrogen-bond acceptors (Lipinski definition) is 5. The van der Waals surface area contributed by atoms with E-state index < -0.39 is 25.0 Å². The highest BCUT2D eigenvalue weighted by molar-refractivity contribution is 5.78. The number of pyridine rings is 1. The van der Waals surface area contributed by atoms with Crippen LogP contribution < -0.4 is 4.90 Å². The number of aromatic nitrogens is 1. The molecule has 2 saturated heterocycles. The van der Waals surface area contributed by atoms with E-state index in [1.54, 1.807) is 17.0 Å². The van der Waals surface area contributed by atoms with Crippen molar-refractivity contribution in [1.29, 1.82) is 5.26 Å². The summed E-state index contributed by atoms with van der Waals surface area (Å²) in [6, 6.07) is 10.4. The molecule has 31 heavy (non-hydrogen) atoms. The van der Waals surface area contributed by atoms with Gasteiger partial charge in [0, 0.05) is 31.4 Å². The predicted molar refractivity (Wildman–Crippen MR) is 106 cm³/mol. The zero-order chi connectivity index (χ0) is 22.0. The van der Waals surface area contributed by atoms with E-state index in [1.807, 2.05) is 6.07 Å². The molecule has 4 rings (SSSR count). The second-order valence-corrected chi connectivity index (χ2v) is 7.73. The van der Waals surface area contributed by atoms with E-state index in [2.05, 4.69) is 9.88 Å². The number of anilines is 1. The van der Waals surface area contributed by atoms with Crippen LogP contribution in [0.15, 0.2) is 42.6 Å². The number of halogens is 3. The smallest absolute Gasteiger partial charge is 0.268 e. The lowest BCUT2D eigenvalue weighted by atomic mass is 10.1. The summed E-state index contributed by atoms with van der Waals surface area (Å²) in [5.74, 6) is -0.112. The number of carbonyl (C=O) groups is 1. The van der Waals surface area contributed by atoms with Gasteiger partial charge in [0.15, 0.2) is 0 Å². The Hall–Kier alpha value is -3.12. The Morgan fingerprint density at radius 3 is 2.39 bits per heavy atom. The van der Waals surface area contributed by atoms with E-state index in [4.69, 9.17) is 10.00 Å². The zero-order valence-corrected chi connectivity index (χ0v) is 16.6. The van der Waals surface area contributed by atoms with Crippen molar-refractivity contribution in [1.82, 2.24) is 9.88 Å². The Labute approximate surface area is 177 Å². The molecule has 0 radical (unpaired) electrons. The highest BCUT2D eigenvalue weighted by Gasteiger charge is 2.42. The van der Waals surface area contributed by atoms with Crippen LogP contribution in [0, 0.1) is 17.1 Å². The van der Waals surface area contributed by atoms with Crippen molar-refractivity contribution < 1.29 is 22.7 Å². The highest BCUT2D eigenvalue weighted by atomic mass is 19.3. The molecule has 0 spiro atoms. The summed E-state index contributed by atoms with van der Waals surface area (Å²) >= 11 is 0. The van der Waals surface area contributed by atoms with Crippen LogP contribution >= 0.6 is 0 Å². The van der Waals surface area contributed by atoms with Crippen LogP contribution in [-0.4, -0.2) is 54.0 Å². The van der Waals surface area contributed by atoms with Crippen LogP contribution in [0.5, 0.6) is 0 Å². The van der Waals surface area contributed by atoms with Crippen molar-refractivity contribution >= 4 is 11.7 Å². The molecule has 2 aliphatic rings. The zero-order valence-electron chi connectivity index (χ0n) is 16.6. The van der Waals surface area contributed by atoms with Crippen molar-refractivity contribution in [3.63, 3.8) is 0 Å². The van der Waals surface area contributed by atoms with Gasteiger partial charge in [-0.1, -0.05) is 12.1 Å². The third-order valence-electron chi connectivity index (χ3n) is 5.79. The number of alkyl halides is 2. The minimum Gasteiger partial charge on any atom is -0.358 e. The van der Waals surface area contributed by atoms with Gasteiger partial charge in [-0.25, -0.2) is 18.2 Å². The molecule has 1 amide bonds. The maximum Gasteiger partial charge on any atom is 0.268 e. The van der Waals surface area contributed by atoms with Gasteiger partial charge in [0.2, 0.25) is 5.91 Å². The number of rotatable bonds is 6. The summed E-state index contributed by atoms with van der Waals surface area (Å²) in [7, 11) is 0. The molecule has 2 bridgehead atoms. The first-order chi connectivity index (χ1) is 15.0. The maximum atomic E-state index is 13.4. The normalized spacial score (nSPS) is 21.3. The number of fused-ring (bicyclic) bond motifs is 2. The molecule has 162 valence electrons. The van der Waals surface area contributed by atoms with Gasteiger partial charge in [-0.3, -0.25) is 4.79 Å². The average Bonchev–Trinajstić information content (AvgIpc) is 3.03. The summed E-state index contributed by atoms with van der Waals surface area (Å²) in [4.78, 5) is 20.9. The molecule has 2 fully saturated rings. The fourth-order valence-electron chi connectivity index (χ4n) is 4.30. The van der Waals surface area contributed by atoms with Crippen LogP contribution in [0.2, 0.25) is 0 Å². The van der Waals surface area contributed by atoms with Crippen LogP contribution in [0.4, 0.5) is 19.0 Å². The fraction of sp³-hybridized carbons (Fsp3) is 0.409. The molecule has 2 aromatic rings. The molecule has 6 nitrogen and oxygen atoms in total. The summed E-state index contributed by atoms with van der Waals surface area (Å²) in [5, 5.41) is 8.94. The molecule has 0 N–H and O–H groups in total. The molecular formula is C22H21F3N4O2. The first-order valence-corrected chi connectivity index (χ1v) is 10.0. The van der Waals surface area contributed by atoms with E-state index in [0.717, 1.165) is 30.8 Å². The third-order valence-corrected chi connectivity index (χ3v) is 5.79. The minimum absolute atomic E-state index is 0.0751. The number of benzene rings is 1. The lowest BCUT2D eigenvalue weighted by molar-refractivity contribution is -0.143. The monoisotopic (exact) mass is 430 g/mol. The molecule has 0 saturated carbocycles. The van der Waals surface area contributed by atoms with Gasteiger partial charge in [0.25, 0.3) is 6.43 Å². The van der Waals surface area contributed by atoms with E-state index in [9.17, 15) is 18.0 Å². The number of piperazine rings is 1. The number of likely N-dealkylation sites (tertiary alicyclic amines) is 1. The molecule has 1 aromatic heterocycles. The first-order valence-electron chi connectivity index (χ1n) is 10.0. The number of hydrogen-bond donors (Lipinski definition) is 0. The number of nitrogens with zero attached hydrogens (tertiary/aromatic N) is 4. The van der Waals surface area contributed by atoms with Crippen molar-refractivity contribution in [2.45, 2.75) is 37.5 Å². The van der Waals surface area contributed by atoms with Crippen LogP contribution in [0.25, 0.3) is 0 Å². The molecule has 0 aliphatic carbocycles. The maximum absolute atomic E-state index is 13.4. The molecule has 3 atom stereocenters. The Bertz CT molecular complexity index is 948. The molecule has 3 heterocycles. The molecule has 3 unspecified atom stereocenters. The van der Waals surface area contributed by atoms with E-state index in [-0.39, 0.29) is 23.6 Å². The summed E-state index contributed by atoms with van der Waals surface area (Å²) in [6.07, 6.45) is -1.11. The number of amides is 1. The standard InChI is InChI=1S/C22H21F3N4O2/c23-16-4-2-15(3-5-16)21(22(24)25)31-13-20(30)28-11-17-6-7-18(12-28)29(17)19-8-1-14(9-26)10-27-19/h1-5,8,10,17-18,21-22H,6-7,11-13H2. The SMILES string of the molecule is N#Cc1ccc(N2C3CCC2CN(C(=O)COC(c2ccc(F)cc2)C(F)F)C3)nc1. The Balaban J connectivity index is 1.38. The topological polar surface area (TPSA) is 69.5 Å². The van der Waals surface area contributed by atoms with Crippen molar-refractivity contribution in [2.75, 3.05) is 24.6 Å². The molecule has 1 aromatic carbocycles. The lowest BCUT2D eigenvalue weighted by Crippen LogP contribution is -2.56. The van der Waals surface area contributed by atoms with Crippen LogP contribution in [0.3, 0.4) is 0 Å². The van der Waals surface area contributed by atoms with Crippen LogP contribution in [-0.2, 0) is 9.53 Å². The number of nitriles is 1. The summed E-state index contributed by atoms with van der Waals surface area (Å²) < 4.78 is 45.2. The number of ether oxygens (including phenoxy) is 1. The molecule has 2 aliphatic heterocycles. The fourth-order valence-corrected chi connectivity index (χ4v) is 4.30. The van der Waals surface area contributed by atoms with Gasteiger partial charge in [-0.15, -0.1) is 0 Å². The predicted octanol–water partition coefficient (Wildman–Crippen LogP) is 3.29. The van der Waals surface area contributed by atoms with Crippen molar-refractivity contribution in [3.05, 3.63) is 59.5 Å². The lowest BCUT2D eigenvalue weighted by Gasteiger charge is -2.41. The van der Waals surface area contributed by atoms with Gasteiger partial charge in [0.1, 0.15) is 30.4 Å². The Morgan fingerprint density at radius 1 is 1.16 bits per heavy atom. The van der Waals surface area contributed by atoms with Crippen LogP contribution in [0.1, 0.15) is 30.1 Å². The van der Waals surface area contributed by atoms with E-state index >= 15 is 0 Å². The first kappa shape index (κ1) is 21.1. The summed E-state index contributed by atoms with van der Waals surface area (Å²) in [6.45, 7) is 0.438. The Kier molecular flexibility index (Phi) is 6.09. The third kappa shape index (κ3) is 4.49. The summed E-state index contributed by atoms with van der Waals surface area (Å²) in [5.41, 5.74) is 0.609. The Morgan fingerprint density at radius 2 is 1.84 bits per heavy atom. The van der Waals surface area contributed by atoms with Gasteiger partial charge in [0.05, 0.1) is 5.56 Å². The van der Waals surface area contributed by atoms with Crippen molar-refractivity contribution in [3.8, 4) is 6.07 Å². The highest BCUT2D eigenvalue weighted by Crippen LogP contribution is 2.34. The second kappa shape index (κ2) is 8.94. The van der Waals surface area contributed by atoms with Gasteiger partial charge in [-0.2, -0.15) is 5.26 Å². The average molecular weight is 430 g/mol.